The van der Waals surface area contributed by atoms with Crippen LogP contribution in [-0.4, -0.2) is 40.1 Å². The minimum Gasteiger partial charge on any atom is -0.317 e. The third kappa shape index (κ3) is 7.13. The van der Waals surface area contributed by atoms with E-state index in [1.807, 2.05) is 13.8 Å². The minimum atomic E-state index is -3.85. The first kappa shape index (κ1) is 12.5. The molecule has 0 atom stereocenters. The lowest BCUT2D eigenvalue weighted by Crippen LogP contribution is -2.25. The Morgan fingerprint density at radius 2 is 1.83 bits per heavy atom. The van der Waals surface area contributed by atoms with Gasteiger partial charge >= 0.3 is 6.80 Å². The topological polar surface area (TPSA) is 60.8 Å². The molecular weight excluding hydrogens is 197 g/mol. The van der Waals surface area contributed by atoms with Crippen molar-refractivity contribution in [2.45, 2.75) is 13.8 Å². The van der Waals surface area contributed by atoms with Gasteiger partial charge in [0.1, 0.15) is 0 Å². The van der Waals surface area contributed by atoms with Crippen molar-refractivity contribution in [3.05, 3.63) is 0 Å². The van der Waals surface area contributed by atoms with Gasteiger partial charge in [-0.3, -0.25) is 0 Å². The Morgan fingerprint density at radius 3 is 2.17 bits per heavy atom. The normalized spacial score (nSPS) is 12.4. The summed E-state index contributed by atoms with van der Waals surface area (Å²) >= 11 is 0.718. The second kappa shape index (κ2) is 6.00. The number of hydrogen-bond donors (Lipinski definition) is 2. The Kier molecular flexibility index (Phi) is 6.23. The van der Waals surface area contributed by atoms with E-state index in [1.165, 1.54) is 0 Å². The fourth-order valence-corrected chi connectivity index (χ4v) is 2.36. The molecule has 0 radical (unpaired) electrons. The molecule has 0 fully saturated rings. The standard InChI is InChI=1S/C6H16NO3PS/c1-3-7(4-2)5-6-12-11(8,9)10/h3-6H2,1-2H3,(H2,8,9,10). The summed E-state index contributed by atoms with van der Waals surface area (Å²) in [5.41, 5.74) is 0. The van der Waals surface area contributed by atoms with Gasteiger partial charge in [-0.15, -0.1) is 0 Å². The zero-order chi connectivity index (χ0) is 9.61. The molecular formula is C6H16NO3PS. The summed E-state index contributed by atoms with van der Waals surface area (Å²) in [6, 6.07) is 0. The summed E-state index contributed by atoms with van der Waals surface area (Å²) in [6.45, 7) is 2.81. The van der Waals surface area contributed by atoms with Crippen LogP contribution in [0.1, 0.15) is 13.8 Å². The first-order valence-electron chi connectivity index (χ1n) is 3.92. The highest BCUT2D eigenvalue weighted by Crippen LogP contribution is 2.49. The van der Waals surface area contributed by atoms with E-state index < -0.39 is 6.80 Å². The molecule has 0 aliphatic carbocycles. The smallest absolute Gasteiger partial charge is 0.317 e. The Bertz CT molecular complexity index is 157. The maximum atomic E-state index is 10.4. The molecule has 0 saturated carbocycles. The van der Waals surface area contributed by atoms with Crippen LogP contribution in [0.3, 0.4) is 0 Å². The van der Waals surface area contributed by atoms with Crippen molar-refractivity contribution >= 4 is 18.2 Å². The second-order valence-electron chi connectivity index (χ2n) is 2.35. The van der Waals surface area contributed by atoms with Crippen molar-refractivity contribution in [1.82, 2.24) is 4.90 Å². The van der Waals surface area contributed by atoms with Gasteiger partial charge in [-0.05, 0) is 24.5 Å². The number of rotatable bonds is 6. The molecule has 0 aromatic rings. The molecule has 0 aromatic heterocycles. The van der Waals surface area contributed by atoms with E-state index in [9.17, 15) is 4.57 Å². The van der Waals surface area contributed by atoms with E-state index in [1.54, 1.807) is 0 Å². The quantitative estimate of drug-likeness (QED) is 0.648. The summed E-state index contributed by atoms with van der Waals surface area (Å²) in [6.07, 6.45) is 0. The lowest BCUT2D eigenvalue weighted by molar-refractivity contribution is 0.323. The summed E-state index contributed by atoms with van der Waals surface area (Å²) in [5.74, 6) is 0.492. The molecule has 0 spiro atoms. The fourth-order valence-electron chi connectivity index (χ4n) is 0.829. The van der Waals surface area contributed by atoms with E-state index >= 15 is 0 Å². The number of nitrogens with zero attached hydrogens (tertiary/aromatic N) is 1. The maximum Gasteiger partial charge on any atom is 0.384 e. The van der Waals surface area contributed by atoms with Crippen LogP contribution in [0, 0.1) is 0 Å². The van der Waals surface area contributed by atoms with Gasteiger partial charge in [-0.25, -0.2) is 4.57 Å². The molecule has 0 aromatic carbocycles. The zero-order valence-electron chi connectivity index (χ0n) is 7.43. The first-order valence-corrected chi connectivity index (χ1v) is 7.12. The van der Waals surface area contributed by atoms with E-state index in [2.05, 4.69) is 4.90 Å². The van der Waals surface area contributed by atoms with Gasteiger partial charge in [0.15, 0.2) is 0 Å². The Labute approximate surface area is 77.2 Å². The van der Waals surface area contributed by atoms with Crippen molar-refractivity contribution in [3.63, 3.8) is 0 Å². The molecule has 2 N–H and O–H groups in total. The molecule has 0 aliphatic rings. The van der Waals surface area contributed by atoms with Crippen molar-refractivity contribution < 1.29 is 14.4 Å². The molecule has 0 rings (SSSR count). The van der Waals surface area contributed by atoms with E-state index in [0.717, 1.165) is 31.0 Å². The van der Waals surface area contributed by atoms with Crippen molar-refractivity contribution in [2.24, 2.45) is 0 Å². The van der Waals surface area contributed by atoms with Crippen molar-refractivity contribution in [3.8, 4) is 0 Å². The van der Waals surface area contributed by atoms with Crippen molar-refractivity contribution in [2.75, 3.05) is 25.4 Å². The Hall–Kier alpha value is 0.460. The van der Waals surface area contributed by atoms with Crippen LogP contribution in [0.15, 0.2) is 0 Å². The largest absolute Gasteiger partial charge is 0.384 e. The third-order valence-corrected chi connectivity index (χ3v) is 3.82. The van der Waals surface area contributed by atoms with Gasteiger partial charge in [-0.2, -0.15) is 0 Å². The summed E-state index contributed by atoms with van der Waals surface area (Å²) in [7, 11) is 0. The van der Waals surface area contributed by atoms with E-state index in [4.69, 9.17) is 9.79 Å². The van der Waals surface area contributed by atoms with E-state index in [-0.39, 0.29) is 0 Å². The molecule has 0 aliphatic heterocycles. The summed E-state index contributed by atoms with van der Waals surface area (Å²) in [5, 5.41) is 0. The lowest BCUT2D eigenvalue weighted by Gasteiger charge is -2.17. The number of hydrogen-bond acceptors (Lipinski definition) is 3. The van der Waals surface area contributed by atoms with Crippen LogP contribution >= 0.6 is 18.2 Å². The third-order valence-electron chi connectivity index (χ3n) is 1.56. The Balaban J connectivity index is 3.48. The van der Waals surface area contributed by atoms with Crippen LogP contribution in [0.2, 0.25) is 0 Å². The molecule has 0 saturated heterocycles. The minimum absolute atomic E-state index is 0.492. The summed E-state index contributed by atoms with van der Waals surface area (Å²) < 4.78 is 10.4. The average molecular weight is 213 g/mol. The lowest BCUT2D eigenvalue weighted by atomic mass is 10.5. The van der Waals surface area contributed by atoms with Crippen LogP contribution in [0.25, 0.3) is 0 Å². The molecule has 0 unspecified atom stereocenters. The predicted octanol–water partition coefficient (Wildman–Crippen LogP) is 1.15. The first-order chi connectivity index (χ1) is 5.49. The maximum absolute atomic E-state index is 10.4. The molecule has 6 heteroatoms. The van der Waals surface area contributed by atoms with Gasteiger partial charge in [0.25, 0.3) is 0 Å². The van der Waals surface area contributed by atoms with Gasteiger partial charge < -0.3 is 14.7 Å². The monoisotopic (exact) mass is 213 g/mol. The zero-order valence-corrected chi connectivity index (χ0v) is 9.14. The van der Waals surface area contributed by atoms with Gasteiger partial charge in [0, 0.05) is 12.3 Å². The molecule has 0 bridgehead atoms. The highest BCUT2D eigenvalue weighted by atomic mass is 32.7. The second-order valence-corrected chi connectivity index (χ2v) is 6.20. The molecule has 4 nitrogen and oxygen atoms in total. The van der Waals surface area contributed by atoms with Crippen molar-refractivity contribution in [1.29, 1.82) is 0 Å². The average Bonchev–Trinajstić information content (AvgIpc) is 1.96. The van der Waals surface area contributed by atoms with E-state index in [0.29, 0.717) is 5.75 Å². The fraction of sp³-hybridized carbons (Fsp3) is 1.00. The molecule has 0 amide bonds. The summed E-state index contributed by atoms with van der Waals surface area (Å²) in [4.78, 5) is 19.2. The van der Waals surface area contributed by atoms with Gasteiger partial charge in [-0.1, -0.05) is 13.8 Å². The van der Waals surface area contributed by atoms with Crippen LogP contribution in [0.4, 0.5) is 0 Å². The Morgan fingerprint density at radius 1 is 1.33 bits per heavy atom. The van der Waals surface area contributed by atoms with Gasteiger partial charge in [0.05, 0.1) is 0 Å². The van der Waals surface area contributed by atoms with Crippen LogP contribution in [0.5, 0.6) is 0 Å². The van der Waals surface area contributed by atoms with Crippen LogP contribution in [-0.2, 0) is 4.57 Å². The molecule has 12 heavy (non-hydrogen) atoms. The predicted molar refractivity (Wildman–Crippen MR) is 52.3 cm³/mol. The van der Waals surface area contributed by atoms with Gasteiger partial charge in [0.2, 0.25) is 0 Å². The van der Waals surface area contributed by atoms with Crippen LogP contribution < -0.4 is 0 Å². The highest BCUT2D eigenvalue weighted by molar-refractivity contribution is 8.54. The molecule has 74 valence electrons. The highest BCUT2D eigenvalue weighted by Gasteiger charge is 2.13. The molecule has 0 heterocycles. The SMILES string of the molecule is CCN(CC)CCSP(=O)(O)O.